The Bertz CT molecular complexity index is 1050. The Hall–Kier alpha value is -3.45. The summed E-state index contributed by atoms with van der Waals surface area (Å²) in [5, 5.41) is 3.43. The van der Waals surface area contributed by atoms with Gasteiger partial charge in [-0.2, -0.15) is 0 Å². The molecule has 0 fully saturated rings. The molecule has 2 aromatic carbocycles. The van der Waals surface area contributed by atoms with E-state index in [-0.39, 0.29) is 18.3 Å². The highest BCUT2D eigenvalue weighted by atomic mass is 32.1. The largest absolute Gasteiger partial charge is 0.459 e. The summed E-state index contributed by atoms with van der Waals surface area (Å²) in [4.78, 5) is 28.6. The molecule has 0 saturated carbocycles. The predicted molar refractivity (Wildman–Crippen MR) is 102 cm³/mol. The number of amides is 1. The molecule has 2 heterocycles. The molecule has 1 N–H and O–H groups in total. The van der Waals surface area contributed by atoms with Gasteiger partial charge in [0.05, 0.1) is 22.0 Å². The highest BCUT2D eigenvalue weighted by Gasteiger charge is 2.12. The number of fused-ring (bicyclic) bond motifs is 1. The van der Waals surface area contributed by atoms with Crippen LogP contribution in [0.1, 0.15) is 25.9 Å². The van der Waals surface area contributed by atoms with E-state index in [1.807, 2.05) is 24.3 Å². The van der Waals surface area contributed by atoms with Crippen LogP contribution in [0.15, 0.2) is 71.3 Å². The molecule has 6 nitrogen and oxygen atoms in total. The first-order valence-corrected chi connectivity index (χ1v) is 8.97. The van der Waals surface area contributed by atoms with Crippen LogP contribution in [0.4, 0.5) is 5.69 Å². The molecule has 4 aromatic rings. The molecule has 0 unspecified atom stereocenters. The highest BCUT2D eigenvalue weighted by Crippen LogP contribution is 2.22. The summed E-state index contributed by atoms with van der Waals surface area (Å²) in [6.45, 7) is 0.120. The molecule has 1 amide bonds. The Morgan fingerprint density at radius 2 is 1.85 bits per heavy atom. The zero-order chi connectivity index (χ0) is 18.6. The minimum atomic E-state index is -0.446. The molecule has 2 aromatic heterocycles. The van der Waals surface area contributed by atoms with Gasteiger partial charge in [0.1, 0.15) is 11.6 Å². The third kappa shape index (κ3) is 3.88. The van der Waals surface area contributed by atoms with E-state index in [1.54, 1.807) is 36.4 Å². The molecule has 7 heteroatoms. The van der Waals surface area contributed by atoms with Gasteiger partial charge in [-0.05, 0) is 48.5 Å². The SMILES string of the molecule is O=C(OCc1nc2ccccc2s1)c1ccc(NC(=O)c2ccco2)cc1. The third-order valence-electron chi connectivity index (χ3n) is 3.79. The van der Waals surface area contributed by atoms with Gasteiger partial charge >= 0.3 is 5.97 Å². The maximum Gasteiger partial charge on any atom is 0.338 e. The van der Waals surface area contributed by atoms with Crippen molar-refractivity contribution in [3.8, 4) is 0 Å². The van der Waals surface area contributed by atoms with Crippen molar-refractivity contribution in [2.75, 3.05) is 5.32 Å². The van der Waals surface area contributed by atoms with Crippen LogP contribution in [0.3, 0.4) is 0 Å². The number of carbonyl (C=O) groups excluding carboxylic acids is 2. The van der Waals surface area contributed by atoms with Gasteiger partial charge < -0.3 is 14.5 Å². The lowest BCUT2D eigenvalue weighted by Gasteiger charge is -2.05. The second kappa shape index (κ2) is 7.43. The number of esters is 1. The lowest BCUT2D eigenvalue weighted by atomic mass is 10.2. The van der Waals surface area contributed by atoms with Crippen molar-refractivity contribution in [3.63, 3.8) is 0 Å². The first-order chi connectivity index (χ1) is 13.2. The number of ether oxygens (including phenoxy) is 1. The van der Waals surface area contributed by atoms with Crippen molar-refractivity contribution in [3.05, 3.63) is 83.3 Å². The minimum Gasteiger partial charge on any atom is -0.459 e. The number of furan rings is 1. The summed E-state index contributed by atoms with van der Waals surface area (Å²) in [7, 11) is 0. The van der Waals surface area contributed by atoms with Crippen LogP contribution in [0.25, 0.3) is 10.2 Å². The zero-order valence-electron chi connectivity index (χ0n) is 14.0. The normalized spacial score (nSPS) is 10.7. The smallest absolute Gasteiger partial charge is 0.338 e. The summed E-state index contributed by atoms with van der Waals surface area (Å²) >= 11 is 1.50. The fraction of sp³-hybridized carbons (Fsp3) is 0.0500. The van der Waals surface area contributed by atoms with Crippen LogP contribution in [0.2, 0.25) is 0 Å². The Kier molecular flexibility index (Phi) is 4.67. The molecular formula is C20H14N2O4S. The Morgan fingerprint density at radius 3 is 2.59 bits per heavy atom. The second-order valence-corrected chi connectivity index (χ2v) is 6.78. The van der Waals surface area contributed by atoms with E-state index in [2.05, 4.69) is 10.3 Å². The van der Waals surface area contributed by atoms with Gasteiger partial charge in [0.15, 0.2) is 5.76 Å². The van der Waals surface area contributed by atoms with Crippen LogP contribution in [-0.2, 0) is 11.3 Å². The summed E-state index contributed by atoms with van der Waals surface area (Å²) in [5.41, 5.74) is 1.84. The Morgan fingerprint density at radius 1 is 1.04 bits per heavy atom. The number of aromatic nitrogens is 1. The number of anilines is 1. The molecule has 0 saturated heterocycles. The fourth-order valence-electron chi connectivity index (χ4n) is 2.48. The van der Waals surface area contributed by atoms with E-state index in [4.69, 9.17) is 9.15 Å². The van der Waals surface area contributed by atoms with Gasteiger partial charge in [0.2, 0.25) is 0 Å². The standard InChI is InChI=1S/C20H14N2O4S/c23-19(16-5-3-11-25-16)21-14-9-7-13(8-10-14)20(24)26-12-18-22-15-4-1-2-6-17(15)27-18/h1-11H,12H2,(H,21,23). The fourth-order valence-corrected chi connectivity index (χ4v) is 3.36. The minimum absolute atomic E-state index is 0.120. The summed E-state index contributed by atoms with van der Waals surface area (Å²) in [6.07, 6.45) is 1.43. The molecule has 0 bridgehead atoms. The van der Waals surface area contributed by atoms with Crippen LogP contribution >= 0.6 is 11.3 Å². The maximum atomic E-state index is 12.2. The van der Waals surface area contributed by atoms with Gasteiger partial charge in [0.25, 0.3) is 5.91 Å². The van der Waals surface area contributed by atoms with E-state index in [9.17, 15) is 9.59 Å². The number of hydrogen-bond donors (Lipinski definition) is 1. The zero-order valence-corrected chi connectivity index (χ0v) is 14.9. The monoisotopic (exact) mass is 378 g/mol. The molecule has 0 spiro atoms. The van der Waals surface area contributed by atoms with Crippen LogP contribution < -0.4 is 5.32 Å². The molecule has 0 aliphatic heterocycles. The van der Waals surface area contributed by atoms with Gasteiger partial charge in [-0.25, -0.2) is 9.78 Å². The van der Waals surface area contributed by atoms with Crippen molar-refractivity contribution in [1.82, 2.24) is 4.98 Å². The topological polar surface area (TPSA) is 81.4 Å². The molecule has 0 radical (unpaired) electrons. The quantitative estimate of drug-likeness (QED) is 0.517. The average Bonchev–Trinajstić information content (AvgIpc) is 3.36. The van der Waals surface area contributed by atoms with Crippen LogP contribution in [0, 0.1) is 0 Å². The molecule has 0 atom stereocenters. The maximum absolute atomic E-state index is 12.2. The molecule has 4 rings (SSSR count). The molecule has 27 heavy (non-hydrogen) atoms. The van der Waals surface area contributed by atoms with E-state index in [0.29, 0.717) is 11.3 Å². The van der Waals surface area contributed by atoms with Crippen molar-refractivity contribution in [2.24, 2.45) is 0 Å². The van der Waals surface area contributed by atoms with E-state index >= 15 is 0 Å². The Balaban J connectivity index is 1.36. The van der Waals surface area contributed by atoms with Crippen molar-refractivity contribution in [1.29, 1.82) is 0 Å². The number of carbonyl (C=O) groups is 2. The average molecular weight is 378 g/mol. The lowest BCUT2D eigenvalue weighted by Crippen LogP contribution is -2.11. The molecular weight excluding hydrogens is 364 g/mol. The molecule has 134 valence electrons. The van der Waals surface area contributed by atoms with Gasteiger partial charge in [-0.15, -0.1) is 11.3 Å². The Labute approximate surface area is 158 Å². The van der Waals surface area contributed by atoms with E-state index in [1.165, 1.54) is 17.6 Å². The molecule has 0 aliphatic rings. The number of nitrogens with zero attached hydrogens (tertiary/aromatic N) is 1. The number of nitrogens with one attached hydrogen (secondary N) is 1. The summed E-state index contributed by atoms with van der Waals surface area (Å²) < 4.78 is 11.4. The molecule has 0 aliphatic carbocycles. The third-order valence-corrected chi connectivity index (χ3v) is 4.80. The number of benzene rings is 2. The first-order valence-electron chi connectivity index (χ1n) is 8.15. The highest BCUT2D eigenvalue weighted by molar-refractivity contribution is 7.18. The summed E-state index contributed by atoms with van der Waals surface area (Å²) in [5.74, 6) is -0.585. The van der Waals surface area contributed by atoms with Crippen LogP contribution in [0.5, 0.6) is 0 Å². The first kappa shape index (κ1) is 17.0. The second-order valence-electron chi connectivity index (χ2n) is 5.66. The summed E-state index contributed by atoms with van der Waals surface area (Å²) in [6, 6.07) is 17.4. The lowest BCUT2D eigenvalue weighted by molar-refractivity contribution is 0.0472. The van der Waals surface area contributed by atoms with E-state index < -0.39 is 5.97 Å². The predicted octanol–water partition coefficient (Wildman–Crippen LogP) is 4.50. The van der Waals surface area contributed by atoms with Crippen molar-refractivity contribution < 1.29 is 18.7 Å². The van der Waals surface area contributed by atoms with Crippen molar-refractivity contribution >= 4 is 39.1 Å². The number of hydrogen-bond acceptors (Lipinski definition) is 6. The van der Waals surface area contributed by atoms with Gasteiger partial charge in [0, 0.05) is 5.69 Å². The van der Waals surface area contributed by atoms with Gasteiger partial charge in [-0.3, -0.25) is 4.79 Å². The van der Waals surface area contributed by atoms with E-state index in [0.717, 1.165) is 15.2 Å². The number of thiazole rings is 1. The van der Waals surface area contributed by atoms with Crippen molar-refractivity contribution in [2.45, 2.75) is 6.61 Å². The van der Waals surface area contributed by atoms with Crippen LogP contribution in [-0.4, -0.2) is 16.9 Å². The number of rotatable bonds is 5. The number of para-hydroxylation sites is 1. The van der Waals surface area contributed by atoms with Gasteiger partial charge in [-0.1, -0.05) is 12.1 Å².